The fourth-order valence-corrected chi connectivity index (χ4v) is 3.31. The lowest BCUT2D eigenvalue weighted by Gasteiger charge is -2.15. The number of hydrogen-bond donors (Lipinski definition) is 1. The van der Waals surface area contributed by atoms with Crippen LogP contribution in [0.25, 0.3) is 10.9 Å². The lowest BCUT2D eigenvalue weighted by Crippen LogP contribution is -2.41. The van der Waals surface area contributed by atoms with E-state index < -0.39 is 23.3 Å². The molecule has 0 aliphatic heterocycles. The first-order valence-electron chi connectivity index (χ1n) is 8.66. The summed E-state index contributed by atoms with van der Waals surface area (Å²) in [6.07, 6.45) is 1.53. The van der Waals surface area contributed by atoms with Crippen molar-refractivity contribution in [2.75, 3.05) is 7.11 Å². The Balaban J connectivity index is 2.10. The molecule has 6 nitrogen and oxygen atoms in total. The molecule has 0 unspecified atom stereocenters. The second-order valence-electron chi connectivity index (χ2n) is 6.37. The van der Waals surface area contributed by atoms with E-state index in [0.717, 1.165) is 15.6 Å². The minimum atomic E-state index is -0.863. The molecule has 0 aliphatic rings. The van der Waals surface area contributed by atoms with Crippen molar-refractivity contribution in [3.8, 4) is 0 Å². The highest BCUT2D eigenvalue weighted by Crippen LogP contribution is 2.19. The van der Waals surface area contributed by atoms with E-state index in [1.165, 1.54) is 20.2 Å². The number of halogens is 1. The Bertz CT molecular complexity index is 1090. The molecule has 28 heavy (non-hydrogen) atoms. The van der Waals surface area contributed by atoms with Crippen molar-refractivity contribution < 1.29 is 14.3 Å². The minimum Gasteiger partial charge on any atom is -0.467 e. The molecule has 3 rings (SSSR count). The number of hydrogen-bond acceptors (Lipinski definition) is 4. The lowest BCUT2D eigenvalue weighted by atomic mass is 10.1. The summed E-state index contributed by atoms with van der Waals surface area (Å²) in [7, 11) is 1.24. The molecule has 0 fully saturated rings. The van der Waals surface area contributed by atoms with Crippen molar-refractivity contribution in [1.29, 1.82) is 0 Å². The van der Waals surface area contributed by atoms with Crippen LogP contribution in [0.5, 0.6) is 0 Å². The summed E-state index contributed by atoms with van der Waals surface area (Å²) in [5.74, 6) is -1.20. The van der Waals surface area contributed by atoms with E-state index in [-0.39, 0.29) is 5.56 Å². The molecular formula is C21H19BrN2O4. The fraction of sp³-hybridized carbons (Fsp3) is 0.190. The molecule has 1 heterocycles. The number of rotatable bonds is 5. The highest BCUT2D eigenvalue weighted by atomic mass is 79.9. The van der Waals surface area contributed by atoms with Gasteiger partial charge in [0.25, 0.3) is 5.91 Å². The van der Waals surface area contributed by atoms with Crippen molar-refractivity contribution >= 4 is 38.7 Å². The number of nitrogens with zero attached hydrogens (tertiary/aromatic N) is 1. The number of amides is 1. The maximum atomic E-state index is 12.9. The van der Waals surface area contributed by atoms with Crippen LogP contribution < -0.4 is 10.7 Å². The summed E-state index contributed by atoms with van der Waals surface area (Å²) in [4.78, 5) is 37.2. The number of carbonyl (C=O) groups excluding carboxylic acids is 2. The topological polar surface area (TPSA) is 77.4 Å². The summed E-state index contributed by atoms with van der Waals surface area (Å²) in [5.41, 5.74) is 1.33. The number of carbonyl (C=O) groups is 2. The van der Waals surface area contributed by atoms with Gasteiger partial charge in [-0.1, -0.05) is 46.3 Å². The average molecular weight is 443 g/mol. The van der Waals surface area contributed by atoms with E-state index >= 15 is 0 Å². The third kappa shape index (κ3) is 4.14. The van der Waals surface area contributed by atoms with Crippen LogP contribution in [-0.4, -0.2) is 29.6 Å². The van der Waals surface area contributed by atoms with Gasteiger partial charge in [-0.15, -0.1) is 0 Å². The van der Waals surface area contributed by atoms with E-state index in [1.54, 1.807) is 6.07 Å². The predicted octanol–water partition coefficient (Wildman–Crippen LogP) is 3.10. The van der Waals surface area contributed by atoms with Crippen LogP contribution in [-0.2, 0) is 16.1 Å². The summed E-state index contributed by atoms with van der Waals surface area (Å²) in [5, 5.41) is 2.94. The first-order chi connectivity index (χ1) is 13.4. The Morgan fingerprint density at radius 3 is 2.57 bits per heavy atom. The van der Waals surface area contributed by atoms with Crippen molar-refractivity contribution in [2.24, 2.45) is 0 Å². The number of esters is 1. The van der Waals surface area contributed by atoms with Crippen LogP contribution >= 0.6 is 15.9 Å². The first-order valence-corrected chi connectivity index (χ1v) is 9.45. The van der Waals surface area contributed by atoms with Gasteiger partial charge in [0.2, 0.25) is 5.43 Å². The Morgan fingerprint density at radius 2 is 1.89 bits per heavy atom. The number of benzene rings is 2. The Labute approximate surface area is 170 Å². The average Bonchev–Trinajstić information content (AvgIpc) is 2.70. The van der Waals surface area contributed by atoms with Crippen molar-refractivity contribution in [3.05, 3.63) is 80.6 Å². The molecule has 144 valence electrons. The van der Waals surface area contributed by atoms with Gasteiger partial charge in [0, 0.05) is 22.6 Å². The Kier molecular flexibility index (Phi) is 5.94. The van der Waals surface area contributed by atoms with Gasteiger partial charge in [0.15, 0.2) is 0 Å². The van der Waals surface area contributed by atoms with Gasteiger partial charge in [0.1, 0.15) is 11.6 Å². The van der Waals surface area contributed by atoms with Crippen LogP contribution in [0.2, 0.25) is 0 Å². The molecule has 3 aromatic rings. The summed E-state index contributed by atoms with van der Waals surface area (Å²) < 4.78 is 7.22. The summed E-state index contributed by atoms with van der Waals surface area (Å²) in [6, 6.07) is 14.3. The number of nitrogens with one attached hydrogen (secondary N) is 1. The van der Waals surface area contributed by atoms with Crippen LogP contribution in [0, 0.1) is 0 Å². The standard InChI is InChI=1S/C21H19BrN2O4/c1-13(21(27)28-2)23-20(26)17-12-24(11-14-6-4-3-5-7-14)18-9-8-15(22)10-16(18)19(17)25/h3-10,12-13H,11H2,1-2H3,(H,23,26)/t13-/m0/s1. The monoisotopic (exact) mass is 442 g/mol. The van der Waals surface area contributed by atoms with Crippen LogP contribution in [0.15, 0.2) is 64.0 Å². The van der Waals surface area contributed by atoms with Gasteiger partial charge in [-0.3, -0.25) is 9.59 Å². The molecule has 0 spiro atoms. The van der Waals surface area contributed by atoms with E-state index in [0.29, 0.717) is 11.9 Å². The lowest BCUT2D eigenvalue weighted by molar-refractivity contribution is -0.142. The molecule has 1 N–H and O–H groups in total. The van der Waals surface area contributed by atoms with Gasteiger partial charge in [-0.2, -0.15) is 0 Å². The summed E-state index contributed by atoms with van der Waals surface area (Å²) >= 11 is 3.38. The second kappa shape index (κ2) is 8.39. The second-order valence-corrected chi connectivity index (χ2v) is 7.28. The molecule has 2 aromatic carbocycles. The highest BCUT2D eigenvalue weighted by molar-refractivity contribution is 9.10. The molecule has 1 aromatic heterocycles. The molecule has 1 amide bonds. The van der Waals surface area contributed by atoms with Gasteiger partial charge < -0.3 is 14.6 Å². The zero-order chi connectivity index (χ0) is 20.3. The zero-order valence-electron chi connectivity index (χ0n) is 15.4. The maximum Gasteiger partial charge on any atom is 0.328 e. The van der Waals surface area contributed by atoms with Crippen LogP contribution in [0.1, 0.15) is 22.8 Å². The maximum absolute atomic E-state index is 12.9. The predicted molar refractivity (Wildman–Crippen MR) is 110 cm³/mol. The van der Waals surface area contributed by atoms with Gasteiger partial charge in [-0.05, 0) is 30.7 Å². The van der Waals surface area contributed by atoms with Crippen molar-refractivity contribution in [1.82, 2.24) is 9.88 Å². The molecule has 0 bridgehead atoms. The number of fused-ring (bicyclic) bond motifs is 1. The molecule has 0 aliphatic carbocycles. The first kappa shape index (κ1) is 19.8. The van der Waals surface area contributed by atoms with E-state index in [1.807, 2.05) is 47.0 Å². The number of aromatic nitrogens is 1. The van der Waals surface area contributed by atoms with Gasteiger partial charge in [0.05, 0.1) is 12.6 Å². The van der Waals surface area contributed by atoms with E-state index in [9.17, 15) is 14.4 Å². The van der Waals surface area contributed by atoms with Crippen LogP contribution in [0.4, 0.5) is 0 Å². The molecular weight excluding hydrogens is 424 g/mol. The Morgan fingerprint density at radius 1 is 1.18 bits per heavy atom. The van der Waals surface area contributed by atoms with E-state index in [4.69, 9.17) is 0 Å². The summed E-state index contributed by atoms with van der Waals surface area (Å²) in [6.45, 7) is 2.00. The van der Waals surface area contributed by atoms with Crippen molar-refractivity contribution in [2.45, 2.75) is 19.5 Å². The van der Waals surface area contributed by atoms with Crippen molar-refractivity contribution in [3.63, 3.8) is 0 Å². The number of pyridine rings is 1. The number of ether oxygens (including phenoxy) is 1. The molecule has 1 atom stereocenters. The quantitative estimate of drug-likeness (QED) is 0.615. The fourth-order valence-electron chi connectivity index (χ4n) is 2.95. The Hall–Kier alpha value is -2.93. The SMILES string of the molecule is COC(=O)[C@H](C)NC(=O)c1cn(Cc2ccccc2)c2ccc(Br)cc2c1=O. The van der Waals surface area contributed by atoms with E-state index in [2.05, 4.69) is 26.0 Å². The largest absolute Gasteiger partial charge is 0.467 e. The molecule has 7 heteroatoms. The smallest absolute Gasteiger partial charge is 0.328 e. The van der Waals surface area contributed by atoms with Crippen LogP contribution in [0.3, 0.4) is 0 Å². The normalized spacial score (nSPS) is 11.8. The molecule has 0 saturated heterocycles. The van der Waals surface area contributed by atoms with Gasteiger partial charge in [-0.25, -0.2) is 4.79 Å². The highest BCUT2D eigenvalue weighted by Gasteiger charge is 2.21. The minimum absolute atomic E-state index is 0.0303. The molecule has 0 saturated carbocycles. The zero-order valence-corrected chi connectivity index (χ0v) is 17.0. The molecule has 0 radical (unpaired) electrons. The third-order valence-electron chi connectivity index (χ3n) is 4.38. The van der Waals surface area contributed by atoms with Gasteiger partial charge >= 0.3 is 5.97 Å². The number of methoxy groups -OCH3 is 1. The third-order valence-corrected chi connectivity index (χ3v) is 4.88.